The van der Waals surface area contributed by atoms with Crippen LogP contribution in [0.2, 0.25) is 5.02 Å². The highest BCUT2D eigenvalue weighted by Crippen LogP contribution is 2.40. The Morgan fingerprint density at radius 3 is 2.40 bits per heavy atom. The lowest BCUT2D eigenvalue weighted by Gasteiger charge is -2.09. The van der Waals surface area contributed by atoms with E-state index in [9.17, 15) is 14.4 Å². The van der Waals surface area contributed by atoms with Crippen molar-refractivity contribution in [2.75, 3.05) is 39.3 Å². The van der Waals surface area contributed by atoms with Crippen molar-refractivity contribution in [3.8, 4) is 5.75 Å². The van der Waals surface area contributed by atoms with Crippen molar-refractivity contribution < 1.29 is 33.3 Å². The van der Waals surface area contributed by atoms with E-state index in [1.807, 2.05) is 27.7 Å². The van der Waals surface area contributed by atoms with E-state index in [2.05, 4.69) is 0 Å². The number of esters is 2. The number of hydrogen-bond acceptors (Lipinski definition) is 9. The van der Waals surface area contributed by atoms with Gasteiger partial charge < -0.3 is 18.9 Å². The zero-order valence-electron chi connectivity index (χ0n) is 23.9. The average molecular weight is 634 g/mol. The second-order valence-corrected chi connectivity index (χ2v) is 13.1. The number of hydrogen-bond donors (Lipinski definition) is 0. The summed E-state index contributed by atoms with van der Waals surface area (Å²) in [5, 5.41) is 2.00. The zero-order valence-corrected chi connectivity index (χ0v) is 26.3. The van der Waals surface area contributed by atoms with Crippen LogP contribution in [0.4, 0.5) is 0 Å². The van der Waals surface area contributed by atoms with Gasteiger partial charge >= 0.3 is 11.9 Å². The van der Waals surface area contributed by atoms with Crippen LogP contribution in [0.25, 0.3) is 10.9 Å². The number of fused-ring (bicyclic) bond motifs is 1. The molecule has 42 heavy (non-hydrogen) atoms. The SMILES string of the molecule is COc1ccc2c(c1)c(CC(=O)OCCOCCOC(=O)CCCCC1CCSS1)c(C)n2C(=O)c1ccc(Cl)cc1. The highest BCUT2D eigenvalue weighted by atomic mass is 35.5. The molecule has 0 spiro atoms. The van der Waals surface area contributed by atoms with E-state index < -0.39 is 5.97 Å². The minimum atomic E-state index is -0.441. The first-order valence-electron chi connectivity index (χ1n) is 14.0. The van der Waals surface area contributed by atoms with Crippen LogP contribution < -0.4 is 4.74 Å². The third-order valence-electron chi connectivity index (χ3n) is 7.02. The number of carbonyl (C=O) groups excluding carboxylic acids is 3. The summed E-state index contributed by atoms with van der Waals surface area (Å²) >= 11 is 6.00. The zero-order chi connectivity index (χ0) is 29.9. The van der Waals surface area contributed by atoms with E-state index >= 15 is 0 Å². The molecule has 0 radical (unpaired) electrons. The number of aromatic nitrogens is 1. The predicted octanol–water partition coefficient (Wildman–Crippen LogP) is 6.66. The topological polar surface area (TPSA) is 93.1 Å². The van der Waals surface area contributed by atoms with E-state index in [0.717, 1.165) is 29.9 Å². The minimum absolute atomic E-state index is 0.0215. The smallest absolute Gasteiger partial charge is 0.310 e. The summed E-state index contributed by atoms with van der Waals surface area (Å²) in [6.45, 7) is 2.46. The Morgan fingerprint density at radius 1 is 0.976 bits per heavy atom. The molecule has 2 heterocycles. The van der Waals surface area contributed by atoms with E-state index in [0.29, 0.717) is 39.5 Å². The van der Waals surface area contributed by atoms with E-state index in [1.54, 1.807) is 55.0 Å². The van der Waals surface area contributed by atoms with Gasteiger partial charge in [-0.25, -0.2) is 0 Å². The second kappa shape index (κ2) is 16.3. The normalized spacial score (nSPS) is 14.7. The molecule has 1 atom stereocenters. The lowest BCUT2D eigenvalue weighted by atomic mass is 10.1. The number of nitrogens with zero attached hydrogens (tertiary/aromatic N) is 1. The first kappa shape index (κ1) is 32.3. The van der Waals surface area contributed by atoms with Crippen LogP contribution in [0.3, 0.4) is 0 Å². The van der Waals surface area contributed by atoms with Crippen molar-refractivity contribution >= 4 is 61.9 Å². The summed E-state index contributed by atoms with van der Waals surface area (Å²) < 4.78 is 23.1. The fraction of sp³-hybridized carbons (Fsp3) is 0.452. The van der Waals surface area contributed by atoms with Gasteiger partial charge in [0.1, 0.15) is 19.0 Å². The van der Waals surface area contributed by atoms with Gasteiger partial charge in [0.25, 0.3) is 5.91 Å². The summed E-state index contributed by atoms with van der Waals surface area (Å²) in [4.78, 5) is 38.1. The third-order valence-corrected chi connectivity index (χ3v) is 10.3. The predicted molar refractivity (Wildman–Crippen MR) is 168 cm³/mol. The molecule has 0 bridgehead atoms. The molecule has 226 valence electrons. The van der Waals surface area contributed by atoms with E-state index in [1.165, 1.54) is 12.2 Å². The van der Waals surface area contributed by atoms with Gasteiger partial charge in [0.2, 0.25) is 0 Å². The molecule has 1 aliphatic heterocycles. The first-order valence-corrected chi connectivity index (χ1v) is 16.8. The number of ether oxygens (including phenoxy) is 4. The quantitative estimate of drug-likeness (QED) is 0.103. The monoisotopic (exact) mass is 633 g/mol. The number of halogens is 1. The lowest BCUT2D eigenvalue weighted by Crippen LogP contribution is -2.16. The highest BCUT2D eigenvalue weighted by Gasteiger charge is 2.22. The van der Waals surface area contributed by atoms with Gasteiger partial charge in [-0.15, -0.1) is 0 Å². The standard InChI is InChI=1S/C31H36ClNO7S2/c1-21-26(27-19-24(37-2)11-12-28(27)33(21)31(36)22-7-9-23(32)10-8-22)20-30(35)40-17-15-38-14-16-39-29(34)6-4-3-5-25-13-18-41-42-25/h7-12,19,25H,3-6,13-18,20H2,1-2H3. The van der Waals surface area contributed by atoms with Crippen molar-refractivity contribution in [2.24, 2.45) is 0 Å². The molecular formula is C31H36ClNO7S2. The largest absolute Gasteiger partial charge is 0.497 e. The van der Waals surface area contributed by atoms with E-state index in [4.69, 9.17) is 30.5 Å². The molecule has 1 fully saturated rings. The molecule has 11 heteroatoms. The van der Waals surface area contributed by atoms with Crippen LogP contribution in [-0.4, -0.2) is 67.0 Å². The Labute approximate surface area is 259 Å². The maximum Gasteiger partial charge on any atom is 0.310 e. The van der Waals surface area contributed by atoms with Crippen molar-refractivity contribution in [3.63, 3.8) is 0 Å². The van der Waals surface area contributed by atoms with Gasteiger partial charge in [0.15, 0.2) is 0 Å². The fourth-order valence-electron chi connectivity index (χ4n) is 4.80. The van der Waals surface area contributed by atoms with Crippen molar-refractivity contribution in [1.29, 1.82) is 0 Å². The second-order valence-electron chi connectivity index (χ2n) is 9.90. The van der Waals surface area contributed by atoms with Gasteiger partial charge in [-0.1, -0.05) is 39.6 Å². The van der Waals surface area contributed by atoms with Crippen LogP contribution in [-0.2, 0) is 30.2 Å². The summed E-state index contributed by atoms with van der Waals surface area (Å²) in [6, 6.07) is 12.1. The van der Waals surface area contributed by atoms with E-state index in [-0.39, 0.29) is 44.7 Å². The van der Waals surface area contributed by atoms with Gasteiger partial charge in [0.05, 0.1) is 32.3 Å². The molecule has 2 aromatic carbocycles. The van der Waals surface area contributed by atoms with Crippen molar-refractivity contribution in [1.82, 2.24) is 4.57 Å². The Kier molecular flexibility index (Phi) is 12.5. The molecular weight excluding hydrogens is 598 g/mol. The fourth-order valence-corrected chi connectivity index (χ4v) is 7.95. The maximum absolute atomic E-state index is 13.4. The maximum atomic E-state index is 13.4. The number of carbonyl (C=O) groups is 3. The minimum Gasteiger partial charge on any atom is -0.497 e. The summed E-state index contributed by atoms with van der Waals surface area (Å²) in [5.41, 5.74) is 2.47. The summed E-state index contributed by atoms with van der Waals surface area (Å²) in [7, 11) is 5.46. The number of benzene rings is 2. The molecule has 1 aromatic heterocycles. The molecule has 3 aromatic rings. The van der Waals surface area contributed by atoms with Crippen LogP contribution in [0.15, 0.2) is 42.5 Å². The molecule has 1 aliphatic rings. The number of unbranched alkanes of at least 4 members (excludes halogenated alkanes) is 1. The molecule has 1 saturated heterocycles. The van der Waals surface area contributed by atoms with Crippen LogP contribution in [0, 0.1) is 6.92 Å². The molecule has 0 N–H and O–H groups in total. The molecule has 8 nitrogen and oxygen atoms in total. The lowest BCUT2D eigenvalue weighted by molar-refractivity contribution is -0.146. The van der Waals surface area contributed by atoms with Gasteiger partial charge in [0, 0.05) is 39.1 Å². The highest BCUT2D eigenvalue weighted by molar-refractivity contribution is 8.77. The molecule has 4 rings (SSSR count). The molecule has 0 saturated carbocycles. The van der Waals surface area contributed by atoms with Gasteiger partial charge in [-0.2, -0.15) is 0 Å². The average Bonchev–Trinajstić information content (AvgIpc) is 3.60. The van der Waals surface area contributed by atoms with Crippen molar-refractivity contribution in [2.45, 2.75) is 50.7 Å². The summed E-state index contributed by atoms with van der Waals surface area (Å²) in [6.07, 6.45) is 4.71. The van der Waals surface area contributed by atoms with Crippen LogP contribution in [0.1, 0.15) is 53.7 Å². The van der Waals surface area contributed by atoms with Crippen LogP contribution in [0.5, 0.6) is 5.75 Å². The van der Waals surface area contributed by atoms with Crippen LogP contribution >= 0.6 is 33.2 Å². The molecule has 0 amide bonds. The van der Waals surface area contributed by atoms with Gasteiger partial charge in [-0.05, 0) is 74.2 Å². The Morgan fingerprint density at radius 2 is 1.71 bits per heavy atom. The number of rotatable bonds is 15. The third kappa shape index (κ3) is 8.92. The molecule has 0 aliphatic carbocycles. The Bertz CT molecular complexity index is 1370. The Hall–Kier alpha value is -2.66. The molecule has 1 unspecified atom stereocenters. The number of methoxy groups -OCH3 is 1. The van der Waals surface area contributed by atoms with Crippen molar-refractivity contribution in [3.05, 3.63) is 64.3 Å². The Balaban J connectivity index is 1.22. The first-order chi connectivity index (χ1) is 20.4. The summed E-state index contributed by atoms with van der Waals surface area (Å²) in [5.74, 6) is 0.966. The van der Waals surface area contributed by atoms with Gasteiger partial charge in [-0.3, -0.25) is 19.0 Å².